The van der Waals surface area contributed by atoms with E-state index in [4.69, 9.17) is 4.52 Å². The van der Waals surface area contributed by atoms with Gasteiger partial charge in [-0.3, -0.25) is 10.00 Å². The smallest absolute Gasteiger partial charge is 0.323 e. The zero-order valence-corrected chi connectivity index (χ0v) is 12.5. The molecule has 0 aromatic carbocycles. The highest BCUT2D eigenvalue weighted by atomic mass is 16.5. The number of aromatic nitrogens is 3. The summed E-state index contributed by atoms with van der Waals surface area (Å²) in [5.74, 6) is 1.44. The van der Waals surface area contributed by atoms with Gasteiger partial charge in [0.2, 0.25) is 0 Å². The standard InChI is InChI=1S/C14H19N5O2/c1-9-8-13(18(3)16-9)15-14(20)19-6-4-5-11(19)12-7-10(2)17-21-12/h7-8,11H,4-6H2,1-3H3,(H,15,20)/t11-/m0/s1. The van der Waals surface area contributed by atoms with Crippen molar-refractivity contribution in [3.05, 3.63) is 29.3 Å². The Morgan fingerprint density at radius 1 is 1.38 bits per heavy atom. The van der Waals surface area contributed by atoms with E-state index in [2.05, 4.69) is 15.6 Å². The van der Waals surface area contributed by atoms with Crippen LogP contribution in [-0.4, -0.2) is 32.4 Å². The highest BCUT2D eigenvalue weighted by molar-refractivity contribution is 5.89. The number of nitrogens with one attached hydrogen (secondary N) is 1. The van der Waals surface area contributed by atoms with Gasteiger partial charge in [-0.15, -0.1) is 0 Å². The van der Waals surface area contributed by atoms with Crippen molar-refractivity contribution in [3.63, 3.8) is 0 Å². The lowest BCUT2D eigenvalue weighted by Gasteiger charge is -2.22. The number of likely N-dealkylation sites (tertiary alicyclic amines) is 1. The predicted molar refractivity (Wildman–Crippen MR) is 76.9 cm³/mol. The third-order valence-corrected chi connectivity index (χ3v) is 3.73. The molecule has 2 aromatic heterocycles. The number of rotatable bonds is 2. The number of carbonyl (C=O) groups excluding carboxylic acids is 1. The number of nitrogens with zero attached hydrogens (tertiary/aromatic N) is 4. The average Bonchev–Trinajstić information content (AvgIpc) is 3.10. The van der Waals surface area contributed by atoms with Gasteiger partial charge in [0.25, 0.3) is 0 Å². The minimum absolute atomic E-state index is 0.0412. The van der Waals surface area contributed by atoms with Crippen LogP contribution in [0.15, 0.2) is 16.7 Å². The summed E-state index contributed by atoms with van der Waals surface area (Å²) in [5, 5.41) is 11.0. The Morgan fingerprint density at radius 2 is 2.19 bits per heavy atom. The second-order valence-corrected chi connectivity index (χ2v) is 5.45. The number of anilines is 1. The maximum atomic E-state index is 12.5. The summed E-state index contributed by atoms with van der Waals surface area (Å²) in [6, 6.07) is 3.57. The van der Waals surface area contributed by atoms with Crippen molar-refractivity contribution in [2.24, 2.45) is 7.05 Å². The van der Waals surface area contributed by atoms with E-state index in [1.165, 1.54) is 0 Å². The molecular weight excluding hydrogens is 270 g/mol. The Hall–Kier alpha value is -2.31. The molecule has 21 heavy (non-hydrogen) atoms. The highest BCUT2D eigenvalue weighted by Gasteiger charge is 2.33. The van der Waals surface area contributed by atoms with Gasteiger partial charge in [-0.05, 0) is 26.7 Å². The van der Waals surface area contributed by atoms with Crippen LogP contribution in [0.3, 0.4) is 0 Å². The number of aryl methyl sites for hydroxylation is 3. The van der Waals surface area contributed by atoms with E-state index >= 15 is 0 Å². The van der Waals surface area contributed by atoms with Crippen molar-refractivity contribution < 1.29 is 9.32 Å². The van der Waals surface area contributed by atoms with Crippen molar-refractivity contribution >= 4 is 11.8 Å². The number of carbonyl (C=O) groups is 1. The monoisotopic (exact) mass is 289 g/mol. The van der Waals surface area contributed by atoms with Gasteiger partial charge < -0.3 is 9.42 Å². The van der Waals surface area contributed by atoms with E-state index in [1.54, 1.807) is 9.58 Å². The second-order valence-electron chi connectivity index (χ2n) is 5.45. The molecule has 1 aliphatic heterocycles. The molecule has 0 bridgehead atoms. The summed E-state index contributed by atoms with van der Waals surface area (Å²) in [4.78, 5) is 14.3. The molecule has 112 valence electrons. The molecule has 0 saturated carbocycles. The van der Waals surface area contributed by atoms with Gasteiger partial charge in [0, 0.05) is 25.7 Å². The van der Waals surface area contributed by atoms with Gasteiger partial charge >= 0.3 is 6.03 Å². The van der Waals surface area contributed by atoms with Crippen molar-refractivity contribution in [1.82, 2.24) is 19.8 Å². The Kier molecular flexibility index (Phi) is 3.40. The maximum Gasteiger partial charge on any atom is 0.323 e. The second kappa shape index (κ2) is 5.23. The summed E-state index contributed by atoms with van der Waals surface area (Å²) in [5.41, 5.74) is 1.70. The van der Waals surface area contributed by atoms with Crippen LogP contribution in [0, 0.1) is 13.8 Å². The van der Waals surface area contributed by atoms with Crippen LogP contribution in [-0.2, 0) is 7.05 Å². The van der Waals surface area contributed by atoms with Crippen LogP contribution < -0.4 is 5.32 Å². The van der Waals surface area contributed by atoms with Crippen LogP contribution in [0.25, 0.3) is 0 Å². The molecule has 1 aliphatic rings. The minimum atomic E-state index is -0.130. The average molecular weight is 289 g/mol. The van der Waals surface area contributed by atoms with Gasteiger partial charge in [-0.2, -0.15) is 5.10 Å². The van der Waals surface area contributed by atoms with Gasteiger partial charge in [0.05, 0.1) is 17.4 Å². The molecule has 1 atom stereocenters. The van der Waals surface area contributed by atoms with Crippen LogP contribution in [0.5, 0.6) is 0 Å². The first kappa shape index (κ1) is 13.7. The van der Waals surface area contributed by atoms with Crippen LogP contribution in [0.1, 0.15) is 36.0 Å². The van der Waals surface area contributed by atoms with E-state index in [0.29, 0.717) is 12.4 Å². The molecule has 0 spiro atoms. The lowest BCUT2D eigenvalue weighted by atomic mass is 10.1. The highest BCUT2D eigenvalue weighted by Crippen LogP contribution is 2.32. The lowest BCUT2D eigenvalue weighted by molar-refractivity contribution is 0.195. The van der Waals surface area contributed by atoms with Crippen LogP contribution in [0.2, 0.25) is 0 Å². The Bertz CT molecular complexity index is 660. The molecule has 1 fully saturated rings. The van der Waals surface area contributed by atoms with E-state index < -0.39 is 0 Å². The normalized spacial score (nSPS) is 18.2. The molecule has 7 nitrogen and oxygen atoms in total. The van der Waals surface area contributed by atoms with Gasteiger partial charge in [0.15, 0.2) is 5.76 Å². The molecule has 0 unspecified atom stereocenters. The summed E-state index contributed by atoms with van der Waals surface area (Å²) >= 11 is 0. The van der Waals surface area contributed by atoms with E-state index in [-0.39, 0.29) is 12.1 Å². The summed E-state index contributed by atoms with van der Waals surface area (Å²) in [6.45, 7) is 4.49. The van der Waals surface area contributed by atoms with Gasteiger partial charge in [0.1, 0.15) is 5.82 Å². The molecule has 2 aromatic rings. The number of amides is 2. The quantitative estimate of drug-likeness (QED) is 0.921. The molecule has 0 aliphatic carbocycles. The molecule has 1 saturated heterocycles. The topological polar surface area (TPSA) is 76.2 Å². The maximum absolute atomic E-state index is 12.5. The van der Waals surface area contributed by atoms with Crippen molar-refractivity contribution in [3.8, 4) is 0 Å². The Balaban J connectivity index is 1.75. The van der Waals surface area contributed by atoms with Crippen LogP contribution in [0.4, 0.5) is 10.6 Å². The molecule has 2 amide bonds. The third-order valence-electron chi connectivity index (χ3n) is 3.73. The lowest BCUT2D eigenvalue weighted by Crippen LogP contribution is -2.34. The Morgan fingerprint density at radius 3 is 2.81 bits per heavy atom. The fourth-order valence-corrected chi connectivity index (χ4v) is 2.75. The number of urea groups is 1. The molecule has 7 heteroatoms. The fraction of sp³-hybridized carbons (Fsp3) is 0.500. The summed E-state index contributed by atoms with van der Waals surface area (Å²) in [6.07, 6.45) is 1.86. The zero-order chi connectivity index (χ0) is 15.0. The minimum Gasteiger partial charge on any atom is -0.359 e. The van der Waals surface area contributed by atoms with Crippen molar-refractivity contribution in [2.75, 3.05) is 11.9 Å². The number of hydrogen-bond donors (Lipinski definition) is 1. The van der Waals surface area contributed by atoms with E-state index in [1.807, 2.05) is 33.0 Å². The Labute approximate surface area is 122 Å². The third kappa shape index (κ3) is 2.63. The predicted octanol–water partition coefficient (Wildman–Crippen LogP) is 2.39. The zero-order valence-electron chi connectivity index (χ0n) is 12.5. The SMILES string of the molecule is Cc1cc([C@@H]2CCCN2C(=O)Nc2cc(C)nn2C)on1. The molecule has 3 rings (SSSR count). The van der Waals surface area contributed by atoms with Gasteiger partial charge in [-0.1, -0.05) is 5.16 Å². The molecule has 3 heterocycles. The molecule has 1 N–H and O–H groups in total. The van der Waals surface area contributed by atoms with E-state index in [0.717, 1.165) is 30.0 Å². The number of hydrogen-bond acceptors (Lipinski definition) is 4. The molecule has 0 radical (unpaired) electrons. The fourth-order valence-electron chi connectivity index (χ4n) is 2.75. The van der Waals surface area contributed by atoms with E-state index in [9.17, 15) is 4.79 Å². The first-order chi connectivity index (χ1) is 10.0. The first-order valence-electron chi connectivity index (χ1n) is 7.06. The van der Waals surface area contributed by atoms with Crippen LogP contribution >= 0.6 is 0 Å². The molecular formula is C14H19N5O2. The van der Waals surface area contributed by atoms with Crippen molar-refractivity contribution in [2.45, 2.75) is 32.7 Å². The van der Waals surface area contributed by atoms with Crippen molar-refractivity contribution in [1.29, 1.82) is 0 Å². The summed E-state index contributed by atoms with van der Waals surface area (Å²) in [7, 11) is 1.81. The first-order valence-corrected chi connectivity index (χ1v) is 7.06. The largest absolute Gasteiger partial charge is 0.359 e. The van der Waals surface area contributed by atoms with Gasteiger partial charge in [-0.25, -0.2) is 4.79 Å². The summed E-state index contributed by atoms with van der Waals surface area (Å²) < 4.78 is 6.98.